The lowest BCUT2D eigenvalue weighted by Crippen LogP contribution is -1.97. The Bertz CT molecular complexity index is 3200. The van der Waals surface area contributed by atoms with Crippen LogP contribution in [0.3, 0.4) is 0 Å². The van der Waals surface area contributed by atoms with Crippen LogP contribution in [0.1, 0.15) is 0 Å². The van der Waals surface area contributed by atoms with Crippen LogP contribution in [0.4, 0.5) is 0 Å². The zero-order valence-electron chi connectivity index (χ0n) is 30.4. The summed E-state index contributed by atoms with van der Waals surface area (Å²) in [4.78, 5) is 10.3. The van der Waals surface area contributed by atoms with Crippen LogP contribution < -0.4 is 0 Å². The van der Waals surface area contributed by atoms with Gasteiger partial charge >= 0.3 is 0 Å². The summed E-state index contributed by atoms with van der Waals surface area (Å²) in [5.41, 5.74) is 14.2. The van der Waals surface area contributed by atoms with Gasteiger partial charge in [0.1, 0.15) is 0 Å². The number of benzene rings is 8. The van der Waals surface area contributed by atoms with Gasteiger partial charge in [0.15, 0.2) is 5.82 Å². The van der Waals surface area contributed by atoms with Crippen LogP contribution >= 0.6 is 0 Å². The third-order valence-corrected chi connectivity index (χ3v) is 11.0. The largest absolute Gasteiger partial charge is 0.309 e. The van der Waals surface area contributed by atoms with Gasteiger partial charge in [-0.05, 0) is 59.7 Å². The van der Waals surface area contributed by atoms with Crippen molar-refractivity contribution < 1.29 is 0 Å². The van der Waals surface area contributed by atoms with Gasteiger partial charge in [-0.1, -0.05) is 158 Å². The summed E-state index contributed by atoms with van der Waals surface area (Å²) in [6.45, 7) is 0. The smallest absolute Gasteiger partial charge is 0.160 e. The quantitative estimate of drug-likeness (QED) is 0.172. The van der Waals surface area contributed by atoms with Crippen LogP contribution in [0, 0.1) is 0 Å². The fourth-order valence-corrected chi connectivity index (χ4v) is 8.34. The predicted molar refractivity (Wildman–Crippen MR) is 232 cm³/mol. The van der Waals surface area contributed by atoms with Gasteiger partial charge in [-0.15, -0.1) is 0 Å². The van der Waals surface area contributed by atoms with Crippen molar-refractivity contribution in [1.82, 2.24) is 19.1 Å². The Morgan fingerprint density at radius 2 is 0.786 bits per heavy atom. The third kappa shape index (κ3) is 5.23. The number of nitrogens with zero attached hydrogens (tertiary/aromatic N) is 4. The van der Waals surface area contributed by atoms with E-state index in [1.165, 1.54) is 49.2 Å². The number of para-hydroxylation sites is 3. The SMILES string of the molecule is c1ccc(-c2ccc(-c3nc(-c4ccccc4)cc(-c4ccc(-n5c6ccccc6c6ccc7c(c8ccccc8n7-c7ccccc7)c65)cc4)n3)cc2)cc1. The van der Waals surface area contributed by atoms with E-state index in [0.717, 1.165) is 45.0 Å². The zero-order chi connectivity index (χ0) is 37.0. The minimum atomic E-state index is 0.699. The van der Waals surface area contributed by atoms with Crippen molar-refractivity contribution in [3.8, 4) is 56.4 Å². The number of aromatic nitrogens is 4. The van der Waals surface area contributed by atoms with Gasteiger partial charge < -0.3 is 9.13 Å². The van der Waals surface area contributed by atoms with E-state index in [2.05, 4.69) is 203 Å². The lowest BCUT2D eigenvalue weighted by Gasteiger charge is -2.12. The van der Waals surface area contributed by atoms with Crippen LogP contribution in [0.2, 0.25) is 0 Å². The molecule has 0 unspecified atom stereocenters. The Labute approximate surface area is 324 Å². The Kier molecular flexibility index (Phi) is 7.46. The summed E-state index contributed by atoms with van der Waals surface area (Å²) < 4.78 is 4.83. The first-order valence-electron chi connectivity index (χ1n) is 19.0. The summed E-state index contributed by atoms with van der Waals surface area (Å²) in [7, 11) is 0. The second-order valence-electron chi connectivity index (χ2n) is 14.2. The molecule has 0 aliphatic heterocycles. The van der Waals surface area contributed by atoms with E-state index in [-0.39, 0.29) is 0 Å². The van der Waals surface area contributed by atoms with Gasteiger partial charge in [0.05, 0.1) is 33.5 Å². The van der Waals surface area contributed by atoms with Crippen molar-refractivity contribution in [2.45, 2.75) is 0 Å². The molecule has 0 radical (unpaired) electrons. The summed E-state index contributed by atoms with van der Waals surface area (Å²) in [6, 6.07) is 73.1. The topological polar surface area (TPSA) is 35.6 Å². The standard InChI is InChI=1S/C52H34N4/c1-4-14-35(15-5-1)36-24-26-39(27-25-36)52-53-45(37-16-6-2-7-17-37)34-46(54-52)38-28-30-41(31-29-38)56-47-22-12-10-20-42(47)43-32-33-49-50(51(43)56)44-21-11-13-23-48(44)55(49)40-18-8-3-9-19-40/h1-34H. The fourth-order valence-electron chi connectivity index (χ4n) is 8.34. The first kappa shape index (κ1) is 31.9. The van der Waals surface area contributed by atoms with Crippen molar-refractivity contribution in [1.29, 1.82) is 0 Å². The highest BCUT2D eigenvalue weighted by Gasteiger charge is 2.21. The monoisotopic (exact) mass is 714 g/mol. The molecule has 8 aromatic carbocycles. The molecule has 0 saturated carbocycles. The Morgan fingerprint density at radius 3 is 1.46 bits per heavy atom. The van der Waals surface area contributed by atoms with Crippen molar-refractivity contribution in [2.24, 2.45) is 0 Å². The van der Waals surface area contributed by atoms with Crippen molar-refractivity contribution in [3.63, 3.8) is 0 Å². The summed E-state index contributed by atoms with van der Waals surface area (Å²) >= 11 is 0. The van der Waals surface area contributed by atoms with Gasteiger partial charge in [0.2, 0.25) is 0 Å². The molecule has 0 amide bonds. The maximum Gasteiger partial charge on any atom is 0.160 e. The van der Waals surface area contributed by atoms with Gasteiger partial charge in [-0.2, -0.15) is 0 Å². The van der Waals surface area contributed by atoms with Crippen LogP contribution in [0.5, 0.6) is 0 Å². The molecular weight excluding hydrogens is 681 g/mol. The van der Waals surface area contributed by atoms with Gasteiger partial charge in [-0.25, -0.2) is 9.97 Å². The molecule has 0 bridgehead atoms. The highest BCUT2D eigenvalue weighted by molar-refractivity contribution is 6.26. The van der Waals surface area contributed by atoms with Crippen LogP contribution in [-0.2, 0) is 0 Å². The van der Waals surface area contributed by atoms with E-state index in [4.69, 9.17) is 9.97 Å². The molecule has 0 spiro atoms. The normalized spacial score (nSPS) is 11.6. The van der Waals surface area contributed by atoms with Gasteiger partial charge in [0.25, 0.3) is 0 Å². The van der Waals surface area contributed by atoms with Gasteiger partial charge in [-0.3, -0.25) is 0 Å². The second kappa shape index (κ2) is 13.1. The number of rotatable bonds is 6. The summed E-state index contributed by atoms with van der Waals surface area (Å²) in [5, 5.41) is 4.94. The first-order valence-corrected chi connectivity index (χ1v) is 19.0. The van der Waals surface area contributed by atoms with Crippen molar-refractivity contribution >= 4 is 43.6 Å². The highest BCUT2D eigenvalue weighted by Crippen LogP contribution is 2.42. The molecule has 262 valence electrons. The molecule has 3 aromatic heterocycles. The second-order valence-corrected chi connectivity index (χ2v) is 14.2. The molecular formula is C52H34N4. The molecule has 0 atom stereocenters. The van der Waals surface area contributed by atoms with Crippen LogP contribution in [0.25, 0.3) is 100 Å². The first-order chi connectivity index (χ1) is 27.8. The third-order valence-electron chi connectivity index (χ3n) is 11.0. The molecule has 0 aliphatic carbocycles. The number of hydrogen-bond acceptors (Lipinski definition) is 2. The van der Waals surface area contributed by atoms with Crippen LogP contribution in [0.15, 0.2) is 206 Å². The van der Waals surface area contributed by atoms with E-state index >= 15 is 0 Å². The predicted octanol–water partition coefficient (Wildman–Crippen LogP) is 13.3. The molecule has 11 rings (SSSR count). The zero-order valence-corrected chi connectivity index (χ0v) is 30.4. The van der Waals surface area contributed by atoms with Crippen molar-refractivity contribution in [2.75, 3.05) is 0 Å². The van der Waals surface area contributed by atoms with E-state index in [9.17, 15) is 0 Å². The number of fused-ring (bicyclic) bond motifs is 7. The summed E-state index contributed by atoms with van der Waals surface area (Å²) in [6.07, 6.45) is 0. The average Bonchev–Trinajstić information content (AvgIpc) is 3.80. The molecule has 0 N–H and O–H groups in total. The Hall–Kier alpha value is -7.56. The minimum absolute atomic E-state index is 0.699. The van der Waals surface area contributed by atoms with E-state index in [1.54, 1.807) is 0 Å². The molecule has 4 heteroatoms. The lowest BCUT2D eigenvalue weighted by atomic mass is 10.0. The molecule has 0 aliphatic rings. The maximum atomic E-state index is 5.18. The van der Waals surface area contributed by atoms with E-state index in [1.807, 2.05) is 12.1 Å². The number of hydrogen-bond donors (Lipinski definition) is 0. The van der Waals surface area contributed by atoms with Crippen LogP contribution in [-0.4, -0.2) is 19.1 Å². The Morgan fingerprint density at radius 1 is 0.304 bits per heavy atom. The molecule has 0 fully saturated rings. The maximum absolute atomic E-state index is 5.18. The molecule has 0 saturated heterocycles. The summed E-state index contributed by atoms with van der Waals surface area (Å²) in [5.74, 6) is 0.699. The minimum Gasteiger partial charge on any atom is -0.309 e. The Balaban J connectivity index is 1.08. The molecule has 3 heterocycles. The molecule has 4 nitrogen and oxygen atoms in total. The van der Waals surface area contributed by atoms with Gasteiger partial charge in [0, 0.05) is 49.6 Å². The highest BCUT2D eigenvalue weighted by atomic mass is 15.0. The van der Waals surface area contributed by atoms with Crippen molar-refractivity contribution in [3.05, 3.63) is 206 Å². The lowest BCUT2D eigenvalue weighted by molar-refractivity contribution is 1.17. The average molecular weight is 715 g/mol. The van der Waals surface area contributed by atoms with E-state index < -0.39 is 0 Å². The fraction of sp³-hybridized carbons (Fsp3) is 0. The molecule has 11 aromatic rings. The van der Waals surface area contributed by atoms with E-state index in [0.29, 0.717) is 5.82 Å². The molecule has 56 heavy (non-hydrogen) atoms.